The van der Waals surface area contributed by atoms with Crippen LogP contribution in [0.2, 0.25) is 0 Å². The summed E-state index contributed by atoms with van der Waals surface area (Å²) in [5, 5.41) is 0. The molecular formula is C8H12O4P+. The van der Waals surface area contributed by atoms with Gasteiger partial charge in [-0.15, -0.1) is 0 Å². The normalized spacial score (nSPS) is 11.4. The van der Waals surface area contributed by atoms with Crippen molar-refractivity contribution in [1.82, 2.24) is 0 Å². The van der Waals surface area contributed by atoms with Crippen molar-refractivity contribution < 1.29 is 19.2 Å². The molecule has 0 unspecified atom stereocenters. The van der Waals surface area contributed by atoms with Crippen molar-refractivity contribution in [3.05, 3.63) is 29.8 Å². The predicted molar refractivity (Wildman–Crippen MR) is 50.0 cm³/mol. The van der Waals surface area contributed by atoms with Crippen LogP contribution >= 0.6 is 8.17 Å². The third-order valence-corrected chi connectivity index (χ3v) is 2.02. The molecule has 5 heteroatoms. The van der Waals surface area contributed by atoms with Gasteiger partial charge in [0.2, 0.25) is 0 Å². The topological polar surface area (TPSA) is 69.9 Å². The fraction of sp³-hybridized carbons (Fsp3) is 0.250. The van der Waals surface area contributed by atoms with Crippen LogP contribution in [0.25, 0.3) is 0 Å². The lowest BCUT2D eigenvalue weighted by molar-refractivity contribution is 0.238. The molecule has 4 nitrogen and oxygen atoms in total. The minimum Gasteiger partial charge on any atom is -0.261 e. The van der Waals surface area contributed by atoms with E-state index in [0.29, 0.717) is 0 Å². The van der Waals surface area contributed by atoms with E-state index in [-0.39, 0.29) is 5.75 Å². The predicted octanol–water partition coefficient (Wildman–Crippen LogP) is 1.28. The largest absolute Gasteiger partial charge is 0.613 e. The lowest BCUT2D eigenvalue weighted by atomic mass is 10.2. The number of hydrogen-bond acceptors (Lipinski definition) is 4. The first kappa shape index (κ1) is 10.4. The number of hydrogen-bond donors (Lipinski definition) is 3. The molecule has 72 valence electrons. The van der Waals surface area contributed by atoms with Crippen LogP contribution in [0.15, 0.2) is 24.3 Å². The lowest BCUT2D eigenvalue weighted by Gasteiger charge is -2.03. The molecule has 0 radical (unpaired) electrons. The second kappa shape index (κ2) is 4.03. The minimum atomic E-state index is -4.16. The summed E-state index contributed by atoms with van der Waals surface area (Å²) in [7, 11) is -4.16. The fourth-order valence-corrected chi connectivity index (χ4v) is 1.33. The van der Waals surface area contributed by atoms with E-state index < -0.39 is 8.17 Å². The molecule has 0 saturated carbocycles. The molecule has 0 fully saturated rings. The average Bonchev–Trinajstić information content (AvgIpc) is 2.03. The van der Waals surface area contributed by atoms with Crippen molar-refractivity contribution in [3.63, 3.8) is 0 Å². The first-order valence-electron chi connectivity index (χ1n) is 3.87. The molecule has 0 aliphatic rings. The molecule has 0 atom stereocenters. The van der Waals surface area contributed by atoms with Gasteiger partial charge in [-0.1, -0.05) is 19.1 Å². The van der Waals surface area contributed by atoms with Gasteiger partial charge in [0.25, 0.3) is 0 Å². The molecule has 3 N–H and O–H groups in total. The fourth-order valence-electron chi connectivity index (χ4n) is 0.927. The molecule has 0 heterocycles. The van der Waals surface area contributed by atoms with Crippen molar-refractivity contribution in [2.24, 2.45) is 0 Å². The van der Waals surface area contributed by atoms with Crippen molar-refractivity contribution in [2.45, 2.75) is 13.3 Å². The summed E-state index contributed by atoms with van der Waals surface area (Å²) in [6, 6.07) is 6.75. The Labute approximate surface area is 77.1 Å². The molecule has 13 heavy (non-hydrogen) atoms. The van der Waals surface area contributed by atoms with E-state index in [1.54, 1.807) is 24.3 Å². The van der Waals surface area contributed by atoms with E-state index in [1.165, 1.54) is 0 Å². The van der Waals surface area contributed by atoms with Crippen LogP contribution in [0, 0.1) is 0 Å². The Morgan fingerprint density at radius 3 is 2.08 bits per heavy atom. The zero-order chi connectivity index (χ0) is 9.90. The summed E-state index contributed by atoms with van der Waals surface area (Å²) < 4.78 is 4.48. The van der Waals surface area contributed by atoms with Crippen LogP contribution in [0.1, 0.15) is 12.5 Å². The third-order valence-electron chi connectivity index (χ3n) is 1.56. The zero-order valence-corrected chi connectivity index (χ0v) is 8.11. The van der Waals surface area contributed by atoms with Gasteiger partial charge < -0.3 is 0 Å². The maximum Gasteiger partial charge on any atom is 0.613 e. The molecule has 0 spiro atoms. The van der Waals surface area contributed by atoms with Crippen molar-refractivity contribution in [1.29, 1.82) is 0 Å². The van der Waals surface area contributed by atoms with Crippen LogP contribution in [0.5, 0.6) is 5.75 Å². The molecule has 0 amide bonds. The van der Waals surface area contributed by atoms with E-state index in [2.05, 4.69) is 4.52 Å². The average molecular weight is 203 g/mol. The van der Waals surface area contributed by atoms with Gasteiger partial charge in [-0.25, -0.2) is 0 Å². The minimum absolute atomic E-state index is 0.248. The molecule has 0 aromatic heterocycles. The van der Waals surface area contributed by atoms with Crippen LogP contribution in [0.4, 0.5) is 0 Å². The van der Waals surface area contributed by atoms with Gasteiger partial charge in [0, 0.05) is 0 Å². The van der Waals surface area contributed by atoms with E-state index >= 15 is 0 Å². The standard InChI is InChI=1S/C8H12O4P/c1-2-7-3-5-8(6-4-7)12-13(9,10)11/h3-6,9-11H,2H2,1H3/q+1. The smallest absolute Gasteiger partial charge is 0.261 e. The maximum atomic E-state index is 8.60. The van der Waals surface area contributed by atoms with Gasteiger partial charge in [0.05, 0.1) is 0 Å². The van der Waals surface area contributed by atoms with E-state index in [0.717, 1.165) is 12.0 Å². The molecule has 0 bridgehead atoms. The molecule has 0 aliphatic carbocycles. The highest BCUT2D eigenvalue weighted by Gasteiger charge is 2.34. The summed E-state index contributed by atoms with van der Waals surface area (Å²) in [6.07, 6.45) is 0.901. The molecular weight excluding hydrogens is 191 g/mol. The summed E-state index contributed by atoms with van der Waals surface area (Å²) in [4.78, 5) is 25.8. The highest BCUT2D eigenvalue weighted by Crippen LogP contribution is 2.45. The Morgan fingerprint density at radius 2 is 1.69 bits per heavy atom. The summed E-state index contributed by atoms with van der Waals surface area (Å²) in [6.45, 7) is 2.01. The van der Waals surface area contributed by atoms with Crippen molar-refractivity contribution in [2.75, 3.05) is 0 Å². The molecule has 1 aromatic rings. The Balaban J connectivity index is 2.70. The molecule has 0 saturated heterocycles. The summed E-state index contributed by atoms with van der Waals surface area (Å²) in [5.41, 5.74) is 1.12. The number of rotatable bonds is 3. The van der Waals surface area contributed by atoms with Gasteiger partial charge >= 0.3 is 8.17 Å². The summed E-state index contributed by atoms with van der Waals surface area (Å²) >= 11 is 0. The Bertz CT molecular complexity index is 264. The van der Waals surface area contributed by atoms with Gasteiger partial charge in [0.1, 0.15) is 0 Å². The SMILES string of the molecule is CCc1ccc(O[P+](O)(O)O)cc1. The van der Waals surface area contributed by atoms with Crippen LogP contribution in [0.3, 0.4) is 0 Å². The van der Waals surface area contributed by atoms with Gasteiger partial charge in [-0.2, -0.15) is 14.7 Å². The van der Waals surface area contributed by atoms with Gasteiger partial charge in [-0.05, 0) is 24.1 Å². The van der Waals surface area contributed by atoms with E-state index in [1.807, 2.05) is 6.92 Å². The highest BCUT2D eigenvalue weighted by atomic mass is 31.2. The second-order valence-corrected chi connectivity index (χ2v) is 3.81. The van der Waals surface area contributed by atoms with Gasteiger partial charge in [-0.3, -0.25) is 4.52 Å². The van der Waals surface area contributed by atoms with Crippen LogP contribution < -0.4 is 4.52 Å². The summed E-state index contributed by atoms with van der Waals surface area (Å²) in [5.74, 6) is 0.248. The lowest BCUT2D eigenvalue weighted by Crippen LogP contribution is -1.97. The van der Waals surface area contributed by atoms with E-state index in [9.17, 15) is 0 Å². The molecule has 1 aromatic carbocycles. The Morgan fingerprint density at radius 1 is 1.15 bits per heavy atom. The third kappa shape index (κ3) is 3.70. The Kier molecular flexibility index (Phi) is 3.22. The zero-order valence-electron chi connectivity index (χ0n) is 7.21. The molecule has 1 rings (SSSR count). The van der Waals surface area contributed by atoms with Crippen molar-refractivity contribution in [3.8, 4) is 5.75 Å². The Hall–Kier alpha value is -0.670. The van der Waals surface area contributed by atoms with Gasteiger partial charge in [0.15, 0.2) is 5.75 Å². The highest BCUT2D eigenvalue weighted by molar-refractivity contribution is 7.53. The first-order valence-corrected chi connectivity index (χ1v) is 5.43. The second-order valence-electron chi connectivity index (χ2n) is 2.60. The van der Waals surface area contributed by atoms with Crippen LogP contribution in [-0.4, -0.2) is 14.7 Å². The molecule has 0 aliphatic heterocycles. The number of aryl methyl sites for hydroxylation is 1. The monoisotopic (exact) mass is 203 g/mol. The van der Waals surface area contributed by atoms with E-state index in [4.69, 9.17) is 14.7 Å². The number of benzene rings is 1. The maximum absolute atomic E-state index is 8.60. The quantitative estimate of drug-likeness (QED) is 0.647. The van der Waals surface area contributed by atoms with Crippen molar-refractivity contribution >= 4 is 8.17 Å². The van der Waals surface area contributed by atoms with Crippen LogP contribution in [-0.2, 0) is 6.42 Å². The first-order chi connectivity index (χ1) is 6.01.